The Morgan fingerprint density at radius 1 is 1.00 bits per heavy atom. The molecule has 0 bridgehead atoms. The summed E-state index contributed by atoms with van der Waals surface area (Å²) in [5.74, 6) is -0.465. The van der Waals surface area contributed by atoms with Crippen LogP contribution >= 0.6 is 23.2 Å². The maximum absolute atomic E-state index is 12.1. The van der Waals surface area contributed by atoms with Gasteiger partial charge in [0, 0.05) is 15.7 Å². The Hall–Kier alpha value is -1.76. The summed E-state index contributed by atoms with van der Waals surface area (Å²) in [6, 6.07) is 12.7. The van der Waals surface area contributed by atoms with E-state index in [1.54, 1.807) is 48.5 Å². The topological polar surface area (TPSA) is 66.5 Å². The molecular weight excluding hydrogens is 359 g/mol. The lowest BCUT2D eigenvalue weighted by molar-refractivity contribution is -0.114. The molecule has 2 aromatic carbocycles. The molecule has 0 saturated heterocycles. The summed E-state index contributed by atoms with van der Waals surface area (Å²) in [6.45, 7) is -0.344. The molecule has 1 amide bonds. The van der Waals surface area contributed by atoms with E-state index in [0.29, 0.717) is 21.4 Å². The first kappa shape index (κ1) is 17.6. The number of benzene rings is 2. The fourth-order valence-corrected chi connectivity index (χ4v) is 2.98. The molecule has 0 aliphatic rings. The van der Waals surface area contributed by atoms with Crippen LogP contribution < -0.4 is 9.62 Å². The van der Waals surface area contributed by atoms with Crippen LogP contribution in [0.5, 0.6) is 0 Å². The summed E-state index contributed by atoms with van der Waals surface area (Å²) >= 11 is 11.6. The number of amides is 1. The number of hydrogen-bond acceptors (Lipinski definition) is 3. The van der Waals surface area contributed by atoms with Crippen molar-refractivity contribution in [3.8, 4) is 0 Å². The highest BCUT2D eigenvalue weighted by Crippen LogP contribution is 2.20. The van der Waals surface area contributed by atoms with Crippen LogP contribution in [0, 0.1) is 0 Å². The minimum Gasteiger partial charge on any atom is -0.325 e. The molecule has 2 aromatic rings. The van der Waals surface area contributed by atoms with Gasteiger partial charge in [0.1, 0.15) is 6.54 Å². The number of halogens is 2. The van der Waals surface area contributed by atoms with Crippen LogP contribution in [-0.2, 0) is 14.8 Å². The second-order valence-electron chi connectivity index (χ2n) is 4.80. The highest BCUT2D eigenvalue weighted by molar-refractivity contribution is 7.92. The first-order valence-corrected chi connectivity index (χ1v) is 9.15. The van der Waals surface area contributed by atoms with Gasteiger partial charge in [-0.3, -0.25) is 9.10 Å². The second kappa shape index (κ2) is 7.21. The van der Waals surface area contributed by atoms with E-state index in [1.807, 2.05) is 0 Å². The van der Waals surface area contributed by atoms with Gasteiger partial charge in [-0.2, -0.15) is 0 Å². The molecule has 0 spiro atoms. The Morgan fingerprint density at radius 3 is 1.96 bits per heavy atom. The summed E-state index contributed by atoms with van der Waals surface area (Å²) in [5, 5.41) is 3.65. The Kier molecular flexibility index (Phi) is 5.51. The van der Waals surface area contributed by atoms with E-state index in [4.69, 9.17) is 23.2 Å². The van der Waals surface area contributed by atoms with E-state index < -0.39 is 15.9 Å². The largest absolute Gasteiger partial charge is 0.325 e. The van der Waals surface area contributed by atoms with Crippen LogP contribution in [0.3, 0.4) is 0 Å². The van der Waals surface area contributed by atoms with Crippen LogP contribution in [0.2, 0.25) is 10.0 Å². The normalized spacial score (nSPS) is 11.1. The van der Waals surface area contributed by atoms with E-state index in [9.17, 15) is 13.2 Å². The molecule has 122 valence electrons. The molecule has 8 heteroatoms. The maximum Gasteiger partial charge on any atom is 0.245 e. The van der Waals surface area contributed by atoms with Gasteiger partial charge in [0.05, 0.1) is 11.9 Å². The predicted molar refractivity (Wildman–Crippen MR) is 93.7 cm³/mol. The zero-order valence-electron chi connectivity index (χ0n) is 12.2. The lowest BCUT2D eigenvalue weighted by atomic mass is 10.3. The smallest absolute Gasteiger partial charge is 0.245 e. The minimum absolute atomic E-state index is 0.344. The number of carbonyl (C=O) groups is 1. The van der Waals surface area contributed by atoms with Crippen LogP contribution in [0.25, 0.3) is 0 Å². The lowest BCUT2D eigenvalue weighted by Gasteiger charge is -2.22. The fourth-order valence-electron chi connectivity index (χ4n) is 1.87. The minimum atomic E-state index is -3.62. The maximum atomic E-state index is 12.1. The number of anilines is 2. The Bertz CT molecular complexity index is 790. The Labute approximate surface area is 144 Å². The van der Waals surface area contributed by atoms with Gasteiger partial charge in [0.15, 0.2) is 0 Å². The first-order valence-electron chi connectivity index (χ1n) is 6.54. The van der Waals surface area contributed by atoms with Gasteiger partial charge in [-0.15, -0.1) is 0 Å². The van der Waals surface area contributed by atoms with E-state index in [0.717, 1.165) is 10.6 Å². The van der Waals surface area contributed by atoms with Crippen LogP contribution in [-0.4, -0.2) is 27.1 Å². The van der Waals surface area contributed by atoms with Crippen molar-refractivity contribution in [2.24, 2.45) is 0 Å². The highest BCUT2D eigenvalue weighted by Gasteiger charge is 2.20. The third kappa shape index (κ3) is 5.13. The Balaban J connectivity index is 2.16. The summed E-state index contributed by atoms with van der Waals surface area (Å²) in [7, 11) is -3.62. The molecular formula is C15H14Cl2N2O3S. The van der Waals surface area contributed by atoms with Gasteiger partial charge in [0.25, 0.3) is 0 Å². The zero-order valence-corrected chi connectivity index (χ0v) is 14.5. The number of nitrogens with zero attached hydrogens (tertiary/aromatic N) is 1. The molecule has 0 fully saturated rings. The van der Waals surface area contributed by atoms with Crippen LogP contribution in [0.1, 0.15) is 0 Å². The monoisotopic (exact) mass is 372 g/mol. The van der Waals surface area contributed by atoms with Crippen molar-refractivity contribution in [1.82, 2.24) is 0 Å². The molecule has 0 unspecified atom stereocenters. The standard InChI is InChI=1S/C15H14Cl2N2O3S/c1-23(21,22)19(14-8-4-12(17)5-9-14)10-15(20)18-13-6-2-11(16)3-7-13/h2-9H,10H2,1H3,(H,18,20). The van der Waals surface area contributed by atoms with E-state index >= 15 is 0 Å². The van der Waals surface area contributed by atoms with Crippen molar-refractivity contribution in [3.63, 3.8) is 0 Å². The fraction of sp³-hybridized carbons (Fsp3) is 0.133. The van der Waals surface area contributed by atoms with Crippen LogP contribution in [0.4, 0.5) is 11.4 Å². The van der Waals surface area contributed by atoms with Crippen LogP contribution in [0.15, 0.2) is 48.5 Å². The number of hydrogen-bond donors (Lipinski definition) is 1. The number of carbonyl (C=O) groups excluding carboxylic acids is 1. The average Bonchev–Trinajstić information content (AvgIpc) is 2.47. The first-order chi connectivity index (χ1) is 10.8. The van der Waals surface area contributed by atoms with Crippen molar-refractivity contribution in [1.29, 1.82) is 0 Å². The number of rotatable bonds is 5. The van der Waals surface area contributed by atoms with E-state index in [-0.39, 0.29) is 6.54 Å². The molecule has 0 atom stereocenters. The molecule has 0 aromatic heterocycles. The van der Waals surface area contributed by atoms with Gasteiger partial charge in [-0.1, -0.05) is 23.2 Å². The van der Waals surface area contributed by atoms with Crippen molar-refractivity contribution in [3.05, 3.63) is 58.6 Å². The molecule has 0 aliphatic heterocycles. The van der Waals surface area contributed by atoms with Crippen molar-refractivity contribution < 1.29 is 13.2 Å². The van der Waals surface area contributed by atoms with Crippen molar-refractivity contribution >= 4 is 50.5 Å². The van der Waals surface area contributed by atoms with Gasteiger partial charge in [-0.05, 0) is 48.5 Å². The quantitative estimate of drug-likeness (QED) is 0.874. The number of sulfonamides is 1. The molecule has 1 N–H and O–H groups in total. The zero-order chi connectivity index (χ0) is 17.0. The van der Waals surface area contributed by atoms with Gasteiger partial charge >= 0.3 is 0 Å². The molecule has 0 saturated carbocycles. The molecule has 0 aliphatic carbocycles. The van der Waals surface area contributed by atoms with Gasteiger partial charge in [-0.25, -0.2) is 8.42 Å². The predicted octanol–water partition coefficient (Wildman–Crippen LogP) is 3.40. The van der Waals surface area contributed by atoms with Gasteiger partial charge < -0.3 is 5.32 Å². The Morgan fingerprint density at radius 2 is 1.48 bits per heavy atom. The molecule has 2 rings (SSSR count). The summed E-state index contributed by atoms with van der Waals surface area (Å²) in [5.41, 5.74) is 0.895. The van der Waals surface area contributed by atoms with Crippen molar-refractivity contribution in [2.45, 2.75) is 0 Å². The van der Waals surface area contributed by atoms with E-state index in [2.05, 4.69) is 5.32 Å². The summed E-state index contributed by atoms with van der Waals surface area (Å²) < 4.78 is 24.9. The molecule has 5 nitrogen and oxygen atoms in total. The summed E-state index contributed by atoms with van der Waals surface area (Å²) in [6.07, 6.45) is 1.04. The highest BCUT2D eigenvalue weighted by atomic mass is 35.5. The molecule has 0 radical (unpaired) electrons. The lowest BCUT2D eigenvalue weighted by Crippen LogP contribution is -2.37. The van der Waals surface area contributed by atoms with Gasteiger partial charge in [0.2, 0.25) is 15.9 Å². The van der Waals surface area contributed by atoms with E-state index in [1.165, 1.54) is 0 Å². The molecule has 0 heterocycles. The summed E-state index contributed by atoms with van der Waals surface area (Å²) in [4.78, 5) is 12.1. The number of nitrogens with one attached hydrogen (secondary N) is 1. The average molecular weight is 373 g/mol. The SMILES string of the molecule is CS(=O)(=O)N(CC(=O)Nc1ccc(Cl)cc1)c1ccc(Cl)cc1. The van der Waals surface area contributed by atoms with Crippen molar-refractivity contribution in [2.75, 3.05) is 22.4 Å². The third-order valence-electron chi connectivity index (χ3n) is 2.93. The third-order valence-corrected chi connectivity index (χ3v) is 4.57. The second-order valence-corrected chi connectivity index (χ2v) is 7.58. The molecule has 23 heavy (non-hydrogen) atoms.